The van der Waals surface area contributed by atoms with Crippen LogP contribution in [0, 0.1) is 18.8 Å². The van der Waals surface area contributed by atoms with Crippen molar-refractivity contribution in [2.45, 2.75) is 53.1 Å². The van der Waals surface area contributed by atoms with Crippen LogP contribution in [0.5, 0.6) is 0 Å². The Hall–Kier alpha value is -2.10. The molecule has 4 heteroatoms. The van der Waals surface area contributed by atoms with Crippen LogP contribution in [0.25, 0.3) is 0 Å². The first kappa shape index (κ1) is 16.7. The van der Waals surface area contributed by atoms with Crippen LogP contribution in [-0.2, 0) is 9.53 Å². The van der Waals surface area contributed by atoms with Crippen molar-refractivity contribution in [3.8, 4) is 0 Å². The molecule has 0 saturated carbocycles. The molecule has 2 aliphatic carbocycles. The number of hydrogen-bond acceptors (Lipinski definition) is 4. The maximum atomic E-state index is 12.6. The van der Waals surface area contributed by atoms with Crippen molar-refractivity contribution < 1.29 is 18.7 Å². The van der Waals surface area contributed by atoms with Crippen molar-refractivity contribution in [1.82, 2.24) is 0 Å². The number of fused-ring (bicyclic) bond motifs is 3. The summed E-state index contributed by atoms with van der Waals surface area (Å²) in [5.74, 6) is 0.426. The maximum absolute atomic E-state index is 12.6. The van der Waals surface area contributed by atoms with Gasteiger partial charge in [0.25, 0.3) is 0 Å². The van der Waals surface area contributed by atoms with Crippen LogP contribution >= 0.6 is 0 Å². The summed E-state index contributed by atoms with van der Waals surface area (Å²) in [5, 5.41) is 0. The standard InChI is InChI=1S/C20H24O4/c1-6-10(2)20(22)24-16-8-14-13(5)18(21)19-17(12(4)9-23-19)15(14)7-11(16)3/h6-7,9,13-16H,8H2,1-5H3/b10-6-/t13-,14-,15+,16+/m0/s1. The summed E-state index contributed by atoms with van der Waals surface area (Å²) in [7, 11) is 0. The monoisotopic (exact) mass is 328 g/mol. The minimum atomic E-state index is -0.288. The third kappa shape index (κ3) is 2.54. The highest BCUT2D eigenvalue weighted by Gasteiger charge is 2.45. The summed E-state index contributed by atoms with van der Waals surface area (Å²) < 4.78 is 11.2. The van der Waals surface area contributed by atoms with Crippen molar-refractivity contribution in [3.63, 3.8) is 0 Å². The molecule has 1 aromatic rings. The van der Waals surface area contributed by atoms with Crippen LogP contribution in [0.2, 0.25) is 0 Å². The molecule has 2 aliphatic rings. The molecule has 4 nitrogen and oxygen atoms in total. The van der Waals surface area contributed by atoms with Crippen molar-refractivity contribution in [1.29, 1.82) is 0 Å². The Morgan fingerprint density at radius 3 is 2.75 bits per heavy atom. The van der Waals surface area contributed by atoms with E-state index < -0.39 is 0 Å². The molecule has 3 rings (SSSR count). The van der Waals surface area contributed by atoms with E-state index >= 15 is 0 Å². The Labute approximate surface area is 142 Å². The summed E-state index contributed by atoms with van der Waals surface area (Å²) in [6.07, 6.45) is 5.98. The third-order valence-corrected chi connectivity index (χ3v) is 5.54. The third-order valence-electron chi connectivity index (χ3n) is 5.54. The highest BCUT2D eigenvalue weighted by atomic mass is 16.5. The lowest BCUT2D eigenvalue weighted by atomic mass is 9.65. The molecule has 0 N–H and O–H groups in total. The zero-order valence-corrected chi connectivity index (χ0v) is 14.9. The number of allylic oxidation sites excluding steroid dienone is 2. The van der Waals surface area contributed by atoms with E-state index in [0.29, 0.717) is 17.8 Å². The normalized spacial score (nSPS) is 29.6. The fourth-order valence-corrected chi connectivity index (χ4v) is 3.85. The number of furan rings is 1. The SMILES string of the molecule is C/C=C(/C)C(=O)O[C@@H]1C[C@H]2[C@H](C)C(=O)c3occ(C)c3[C@@H]2C=C1C. The molecular weight excluding hydrogens is 304 g/mol. The molecule has 1 heterocycles. The minimum absolute atomic E-state index is 0.0574. The predicted octanol–water partition coefficient (Wildman–Crippen LogP) is 4.35. The van der Waals surface area contributed by atoms with E-state index in [9.17, 15) is 9.59 Å². The Bertz CT molecular complexity index is 750. The number of ketones is 1. The molecule has 0 aromatic carbocycles. The van der Waals surface area contributed by atoms with Crippen LogP contribution in [0.15, 0.2) is 34.0 Å². The fraction of sp³-hybridized carbons (Fsp3) is 0.500. The average Bonchev–Trinajstić information content (AvgIpc) is 2.95. The van der Waals surface area contributed by atoms with Gasteiger partial charge >= 0.3 is 5.97 Å². The van der Waals surface area contributed by atoms with E-state index in [0.717, 1.165) is 16.7 Å². The predicted molar refractivity (Wildman–Crippen MR) is 90.9 cm³/mol. The van der Waals surface area contributed by atoms with Crippen LogP contribution in [0.4, 0.5) is 0 Å². The zero-order chi connectivity index (χ0) is 17.6. The van der Waals surface area contributed by atoms with Crippen LogP contribution in [0.3, 0.4) is 0 Å². The highest BCUT2D eigenvalue weighted by molar-refractivity contribution is 5.98. The lowest BCUT2D eigenvalue weighted by Gasteiger charge is -2.40. The molecule has 0 bridgehead atoms. The maximum Gasteiger partial charge on any atom is 0.333 e. The summed E-state index contributed by atoms with van der Waals surface area (Å²) >= 11 is 0. The summed E-state index contributed by atoms with van der Waals surface area (Å²) in [6, 6.07) is 0. The van der Waals surface area contributed by atoms with Gasteiger partial charge in [0.15, 0.2) is 5.76 Å². The van der Waals surface area contributed by atoms with Crippen molar-refractivity contribution in [2.75, 3.05) is 0 Å². The molecule has 4 atom stereocenters. The number of Topliss-reactive ketones (excluding diaryl/α,β-unsaturated/α-hetero) is 1. The number of carbonyl (C=O) groups is 2. The molecule has 0 radical (unpaired) electrons. The fourth-order valence-electron chi connectivity index (χ4n) is 3.85. The van der Waals surface area contributed by atoms with Crippen molar-refractivity contribution in [2.24, 2.45) is 11.8 Å². The Kier molecular flexibility index (Phi) is 4.24. The van der Waals surface area contributed by atoms with E-state index in [1.807, 2.05) is 27.7 Å². The quantitative estimate of drug-likeness (QED) is 0.460. The van der Waals surface area contributed by atoms with Crippen LogP contribution < -0.4 is 0 Å². The van der Waals surface area contributed by atoms with Gasteiger partial charge in [-0.05, 0) is 51.2 Å². The molecule has 0 unspecified atom stereocenters. The van der Waals surface area contributed by atoms with Gasteiger partial charge in [-0.25, -0.2) is 4.79 Å². The summed E-state index contributed by atoms with van der Waals surface area (Å²) in [5.41, 5.74) is 3.67. The van der Waals surface area contributed by atoms with Gasteiger partial charge in [0.2, 0.25) is 5.78 Å². The topological polar surface area (TPSA) is 56.5 Å². The number of ether oxygens (including phenoxy) is 1. The molecule has 1 aromatic heterocycles. The van der Waals surface area contributed by atoms with Gasteiger partial charge in [-0.15, -0.1) is 0 Å². The van der Waals surface area contributed by atoms with Crippen molar-refractivity contribution in [3.05, 3.63) is 46.4 Å². The molecule has 0 fully saturated rings. The Morgan fingerprint density at radius 2 is 2.08 bits per heavy atom. The van der Waals surface area contributed by atoms with Crippen LogP contribution in [-0.4, -0.2) is 17.9 Å². The molecule has 24 heavy (non-hydrogen) atoms. The van der Waals surface area contributed by atoms with Crippen molar-refractivity contribution >= 4 is 11.8 Å². The molecule has 0 amide bonds. The number of rotatable bonds is 2. The second kappa shape index (κ2) is 6.08. The van der Waals surface area contributed by atoms with E-state index in [1.165, 1.54) is 0 Å². The number of esters is 1. The molecular formula is C20H24O4. The Balaban J connectivity index is 1.95. The number of aryl methyl sites for hydroxylation is 1. The van der Waals surface area contributed by atoms with Gasteiger partial charge in [-0.1, -0.05) is 19.1 Å². The Morgan fingerprint density at radius 1 is 1.38 bits per heavy atom. The van der Waals surface area contributed by atoms with E-state index in [-0.39, 0.29) is 35.6 Å². The van der Waals surface area contributed by atoms with Gasteiger partial charge in [0.05, 0.1) is 6.26 Å². The van der Waals surface area contributed by atoms with E-state index in [4.69, 9.17) is 9.15 Å². The molecule has 0 spiro atoms. The van der Waals surface area contributed by atoms with E-state index in [1.54, 1.807) is 19.3 Å². The highest BCUT2D eigenvalue weighted by Crippen LogP contribution is 2.48. The smallest absolute Gasteiger partial charge is 0.333 e. The second-order valence-corrected chi connectivity index (χ2v) is 7.02. The van der Waals surface area contributed by atoms with Gasteiger partial charge < -0.3 is 9.15 Å². The largest absolute Gasteiger partial charge is 0.461 e. The van der Waals surface area contributed by atoms with Gasteiger partial charge in [-0.3, -0.25) is 4.79 Å². The molecule has 0 aliphatic heterocycles. The first-order valence-corrected chi connectivity index (χ1v) is 8.49. The number of carbonyl (C=O) groups excluding carboxylic acids is 2. The van der Waals surface area contributed by atoms with Gasteiger partial charge in [-0.2, -0.15) is 0 Å². The first-order valence-electron chi connectivity index (χ1n) is 8.49. The zero-order valence-electron chi connectivity index (χ0n) is 14.9. The van der Waals surface area contributed by atoms with Gasteiger partial charge in [0.1, 0.15) is 6.10 Å². The summed E-state index contributed by atoms with van der Waals surface area (Å²) in [6.45, 7) is 9.50. The minimum Gasteiger partial charge on any atom is -0.461 e. The lowest BCUT2D eigenvalue weighted by Crippen LogP contribution is -2.39. The first-order chi connectivity index (χ1) is 11.3. The molecule has 128 valence electrons. The van der Waals surface area contributed by atoms with E-state index in [2.05, 4.69) is 6.08 Å². The second-order valence-electron chi connectivity index (χ2n) is 7.02. The summed E-state index contributed by atoms with van der Waals surface area (Å²) in [4.78, 5) is 24.7. The lowest BCUT2D eigenvalue weighted by molar-refractivity contribution is -0.143. The van der Waals surface area contributed by atoms with Gasteiger partial charge in [0, 0.05) is 23.0 Å². The van der Waals surface area contributed by atoms with Crippen LogP contribution in [0.1, 0.15) is 61.7 Å². The molecule has 0 saturated heterocycles. The number of hydrogen-bond donors (Lipinski definition) is 0. The average molecular weight is 328 g/mol.